The summed E-state index contributed by atoms with van der Waals surface area (Å²) in [4.78, 5) is 15.7. The summed E-state index contributed by atoms with van der Waals surface area (Å²) in [6.07, 6.45) is 0. The second kappa shape index (κ2) is 3.76. The van der Waals surface area contributed by atoms with Crippen LogP contribution in [-0.4, -0.2) is 24.9 Å². The second-order valence-electron chi connectivity index (χ2n) is 3.81. The Hall–Kier alpha value is -2.50. The molecule has 0 spiro atoms. The van der Waals surface area contributed by atoms with Gasteiger partial charge in [0, 0.05) is 11.5 Å². The quantitative estimate of drug-likeness (QED) is 0.764. The van der Waals surface area contributed by atoms with E-state index in [2.05, 4.69) is 9.72 Å². The third-order valence-corrected chi connectivity index (χ3v) is 2.74. The molecule has 1 aliphatic heterocycles. The van der Waals surface area contributed by atoms with Crippen LogP contribution in [0.3, 0.4) is 0 Å². The van der Waals surface area contributed by atoms with Gasteiger partial charge in [0.15, 0.2) is 11.5 Å². The maximum Gasteiger partial charge on any atom is 0.341 e. The highest BCUT2D eigenvalue weighted by atomic mass is 16.7. The van der Waals surface area contributed by atoms with Crippen LogP contribution in [0.2, 0.25) is 0 Å². The molecular weight excluding hydrogens is 236 g/mol. The number of fused-ring (bicyclic) bond motifs is 2. The molecule has 0 amide bonds. The van der Waals surface area contributed by atoms with Crippen molar-refractivity contribution in [2.45, 2.75) is 0 Å². The summed E-state index contributed by atoms with van der Waals surface area (Å²) < 4.78 is 15.2. The second-order valence-corrected chi connectivity index (χ2v) is 3.81. The minimum Gasteiger partial charge on any atom is -0.465 e. The number of methoxy groups -OCH3 is 1. The molecule has 0 fully saturated rings. The van der Waals surface area contributed by atoms with Crippen LogP contribution >= 0.6 is 0 Å². The highest BCUT2D eigenvalue weighted by Gasteiger charge is 2.18. The molecule has 0 atom stereocenters. The van der Waals surface area contributed by atoms with Gasteiger partial charge >= 0.3 is 5.97 Å². The molecule has 0 saturated carbocycles. The summed E-state index contributed by atoms with van der Waals surface area (Å²) >= 11 is 0. The van der Waals surface area contributed by atoms with Crippen molar-refractivity contribution in [3.63, 3.8) is 0 Å². The number of hydrogen-bond acceptors (Lipinski definition) is 6. The van der Waals surface area contributed by atoms with Gasteiger partial charge < -0.3 is 19.9 Å². The van der Waals surface area contributed by atoms with Crippen LogP contribution in [0.25, 0.3) is 10.9 Å². The number of esters is 1. The van der Waals surface area contributed by atoms with Gasteiger partial charge in [-0.1, -0.05) is 0 Å². The molecule has 0 unspecified atom stereocenters. The van der Waals surface area contributed by atoms with Gasteiger partial charge in [0.2, 0.25) is 6.79 Å². The molecule has 92 valence electrons. The van der Waals surface area contributed by atoms with E-state index in [1.165, 1.54) is 7.11 Å². The van der Waals surface area contributed by atoms with Crippen molar-refractivity contribution < 1.29 is 19.0 Å². The number of nitrogens with two attached hydrogens (primary N) is 1. The zero-order chi connectivity index (χ0) is 12.7. The van der Waals surface area contributed by atoms with Gasteiger partial charge in [-0.2, -0.15) is 0 Å². The summed E-state index contributed by atoms with van der Waals surface area (Å²) in [5.74, 6) is 0.873. The van der Waals surface area contributed by atoms with Gasteiger partial charge in [0.25, 0.3) is 0 Å². The van der Waals surface area contributed by atoms with Crippen molar-refractivity contribution in [1.29, 1.82) is 0 Å². The Balaban J connectivity index is 2.22. The fourth-order valence-corrected chi connectivity index (χ4v) is 1.85. The van der Waals surface area contributed by atoms with Crippen molar-refractivity contribution in [3.05, 3.63) is 23.8 Å². The zero-order valence-electron chi connectivity index (χ0n) is 9.60. The smallest absolute Gasteiger partial charge is 0.341 e. The number of rotatable bonds is 1. The summed E-state index contributed by atoms with van der Waals surface area (Å²) in [7, 11) is 1.30. The Kier molecular flexibility index (Phi) is 2.22. The summed E-state index contributed by atoms with van der Waals surface area (Å²) in [6, 6.07) is 5.12. The van der Waals surface area contributed by atoms with Gasteiger partial charge in [-0.3, -0.25) is 0 Å². The molecule has 1 aromatic heterocycles. The fourth-order valence-electron chi connectivity index (χ4n) is 1.85. The van der Waals surface area contributed by atoms with Crippen molar-refractivity contribution in [1.82, 2.24) is 4.98 Å². The number of nitrogen functional groups attached to an aromatic ring is 1. The van der Waals surface area contributed by atoms with Crippen LogP contribution in [0.4, 0.5) is 5.82 Å². The van der Waals surface area contributed by atoms with Crippen LogP contribution in [0.5, 0.6) is 11.5 Å². The summed E-state index contributed by atoms with van der Waals surface area (Å²) in [5.41, 5.74) is 6.61. The maximum absolute atomic E-state index is 11.5. The first kappa shape index (κ1) is 10.6. The lowest BCUT2D eigenvalue weighted by Gasteiger charge is -2.06. The van der Waals surface area contributed by atoms with Crippen molar-refractivity contribution in [3.8, 4) is 11.5 Å². The van der Waals surface area contributed by atoms with E-state index in [4.69, 9.17) is 15.2 Å². The number of aromatic nitrogens is 1. The Morgan fingerprint density at radius 3 is 2.78 bits per heavy atom. The first-order chi connectivity index (χ1) is 8.69. The number of ether oxygens (including phenoxy) is 3. The van der Waals surface area contributed by atoms with Gasteiger partial charge in [-0.05, 0) is 12.1 Å². The lowest BCUT2D eigenvalue weighted by atomic mass is 10.1. The van der Waals surface area contributed by atoms with Crippen LogP contribution in [0.15, 0.2) is 18.2 Å². The molecule has 3 rings (SSSR count). The van der Waals surface area contributed by atoms with E-state index in [1.807, 2.05) is 0 Å². The molecule has 2 aromatic rings. The Bertz CT molecular complexity index is 654. The molecule has 2 N–H and O–H groups in total. The van der Waals surface area contributed by atoms with Gasteiger partial charge in [0.05, 0.1) is 12.6 Å². The molecule has 18 heavy (non-hydrogen) atoms. The molecule has 1 aromatic carbocycles. The monoisotopic (exact) mass is 246 g/mol. The lowest BCUT2D eigenvalue weighted by Crippen LogP contribution is -2.07. The normalized spacial score (nSPS) is 12.7. The maximum atomic E-state index is 11.5. The van der Waals surface area contributed by atoms with Gasteiger partial charge in [-0.15, -0.1) is 0 Å². The average Bonchev–Trinajstić information content (AvgIpc) is 2.81. The lowest BCUT2D eigenvalue weighted by molar-refractivity contribution is 0.0602. The molecular formula is C12H10N2O4. The molecule has 0 aliphatic carbocycles. The van der Waals surface area contributed by atoms with Crippen molar-refractivity contribution in [2.75, 3.05) is 19.6 Å². The van der Waals surface area contributed by atoms with Crippen LogP contribution in [-0.2, 0) is 4.74 Å². The molecule has 0 radical (unpaired) electrons. The van der Waals surface area contributed by atoms with Crippen LogP contribution < -0.4 is 15.2 Å². The largest absolute Gasteiger partial charge is 0.465 e. The molecule has 0 saturated heterocycles. The SMILES string of the molecule is COC(=O)c1cc2cc3c(cc2nc1N)OCO3. The summed E-state index contributed by atoms with van der Waals surface area (Å²) in [5, 5.41) is 0.744. The third-order valence-electron chi connectivity index (χ3n) is 2.74. The number of carbonyl (C=O) groups excluding carboxylic acids is 1. The third kappa shape index (κ3) is 1.50. The van der Waals surface area contributed by atoms with E-state index in [1.54, 1.807) is 18.2 Å². The van der Waals surface area contributed by atoms with Crippen LogP contribution in [0, 0.1) is 0 Å². The van der Waals surface area contributed by atoms with E-state index in [9.17, 15) is 4.79 Å². The van der Waals surface area contributed by atoms with Crippen molar-refractivity contribution in [2.24, 2.45) is 0 Å². The Labute approximate surface area is 102 Å². The van der Waals surface area contributed by atoms with E-state index >= 15 is 0 Å². The molecule has 0 bridgehead atoms. The minimum atomic E-state index is -0.514. The molecule has 2 heterocycles. The first-order valence-electron chi connectivity index (χ1n) is 5.27. The molecule has 6 heteroatoms. The van der Waals surface area contributed by atoms with Crippen LogP contribution in [0.1, 0.15) is 10.4 Å². The number of nitrogens with zero attached hydrogens (tertiary/aromatic N) is 1. The van der Waals surface area contributed by atoms with Crippen molar-refractivity contribution >= 4 is 22.7 Å². The van der Waals surface area contributed by atoms with Gasteiger partial charge in [0.1, 0.15) is 11.4 Å². The predicted molar refractivity (Wildman–Crippen MR) is 63.6 cm³/mol. The van der Waals surface area contributed by atoms with E-state index in [-0.39, 0.29) is 18.2 Å². The van der Waals surface area contributed by atoms with E-state index < -0.39 is 5.97 Å². The van der Waals surface area contributed by atoms with E-state index in [0.717, 1.165) is 5.39 Å². The molecule has 6 nitrogen and oxygen atoms in total. The number of pyridine rings is 1. The minimum absolute atomic E-state index is 0.133. The zero-order valence-corrected chi connectivity index (χ0v) is 9.60. The number of anilines is 1. The number of carbonyl (C=O) groups is 1. The Morgan fingerprint density at radius 1 is 1.33 bits per heavy atom. The highest BCUT2D eigenvalue weighted by Crippen LogP contribution is 2.36. The Morgan fingerprint density at radius 2 is 2.06 bits per heavy atom. The van der Waals surface area contributed by atoms with E-state index in [0.29, 0.717) is 17.0 Å². The van der Waals surface area contributed by atoms with Gasteiger partial charge in [-0.25, -0.2) is 9.78 Å². The standard InChI is InChI=1S/C12H10N2O4/c1-16-12(15)7-2-6-3-9-10(18-5-17-9)4-8(6)14-11(7)13/h2-4H,5H2,1H3,(H2,13,14). The summed E-state index contributed by atoms with van der Waals surface area (Å²) in [6.45, 7) is 0.186. The fraction of sp³-hybridized carbons (Fsp3) is 0.167. The predicted octanol–water partition coefficient (Wildman–Crippen LogP) is 1.33. The first-order valence-corrected chi connectivity index (χ1v) is 5.27. The number of hydrogen-bond donors (Lipinski definition) is 1. The highest BCUT2D eigenvalue weighted by molar-refractivity contribution is 5.99. The average molecular weight is 246 g/mol. The topological polar surface area (TPSA) is 83.7 Å². The number of benzene rings is 1. The molecule has 1 aliphatic rings.